The summed E-state index contributed by atoms with van der Waals surface area (Å²) in [4.78, 5) is 7.59. The Morgan fingerprint density at radius 1 is 1.07 bits per heavy atom. The summed E-state index contributed by atoms with van der Waals surface area (Å²) in [5, 5.41) is 1.20. The quantitative estimate of drug-likeness (QED) is 0.625. The van der Waals surface area contributed by atoms with E-state index in [0.29, 0.717) is 5.92 Å². The standard InChI is InChI=1S/C24H28N2O2/c1-17-4-5-20-13-21(15-26-11-10-18(14-26)16-27-2)24(25-23(20)12-17)19-6-8-22(28-3)9-7-19/h4-9,12-13,18H,10-11,14-16H2,1-3H3/t18-/m0/s1. The molecule has 0 spiro atoms. The van der Waals surface area contributed by atoms with Gasteiger partial charge in [-0.25, -0.2) is 4.98 Å². The minimum absolute atomic E-state index is 0.630. The zero-order valence-electron chi connectivity index (χ0n) is 16.9. The molecule has 2 aromatic carbocycles. The van der Waals surface area contributed by atoms with Crippen molar-refractivity contribution in [2.45, 2.75) is 19.9 Å². The zero-order valence-corrected chi connectivity index (χ0v) is 16.9. The van der Waals surface area contributed by atoms with Crippen LogP contribution in [0.3, 0.4) is 0 Å². The third kappa shape index (κ3) is 4.03. The molecule has 1 atom stereocenters. The molecular weight excluding hydrogens is 348 g/mol. The molecule has 4 rings (SSSR count). The van der Waals surface area contributed by atoms with Crippen LogP contribution in [0.1, 0.15) is 17.5 Å². The number of rotatable bonds is 6. The van der Waals surface area contributed by atoms with E-state index in [-0.39, 0.29) is 0 Å². The molecule has 3 aromatic rings. The van der Waals surface area contributed by atoms with E-state index in [1.807, 2.05) is 12.1 Å². The Balaban J connectivity index is 1.71. The first-order valence-electron chi connectivity index (χ1n) is 9.92. The molecule has 0 aliphatic carbocycles. The van der Waals surface area contributed by atoms with Crippen molar-refractivity contribution in [1.29, 1.82) is 0 Å². The summed E-state index contributed by atoms with van der Waals surface area (Å²) in [7, 11) is 3.49. The largest absolute Gasteiger partial charge is 0.497 e. The molecule has 1 aromatic heterocycles. The highest BCUT2D eigenvalue weighted by atomic mass is 16.5. The number of benzene rings is 2. The van der Waals surface area contributed by atoms with E-state index < -0.39 is 0 Å². The Kier molecular flexibility index (Phi) is 5.60. The van der Waals surface area contributed by atoms with Gasteiger partial charge in [0.2, 0.25) is 0 Å². The van der Waals surface area contributed by atoms with Crippen LogP contribution in [0.15, 0.2) is 48.5 Å². The summed E-state index contributed by atoms with van der Waals surface area (Å²) in [6.07, 6.45) is 1.20. The van der Waals surface area contributed by atoms with Crippen LogP contribution >= 0.6 is 0 Å². The van der Waals surface area contributed by atoms with E-state index in [1.165, 1.54) is 22.9 Å². The van der Waals surface area contributed by atoms with Crippen LogP contribution in [0.4, 0.5) is 0 Å². The summed E-state index contributed by atoms with van der Waals surface area (Å²) in [6.45, 7) is 6.07. The minimum atomic E-state index is 0.630. The van der Waals surface area contributed by atoms with E-state index >= 15 is 0 Å². The maximum atomic E-state index is 5.36. The first-order valence-corrected chi connectivity index (χ1v) is 9.92. The van der Waals surface area contributed by atoms with Gasteiger partial charge in [0.05, 0.1) is 24.9 Å². The van der Waals surface area contributed by atoms with Crippen molar-refractivity contribution in [3.05, 3.63) is 59.7 Å². The van der Waals surface area contributed by atoms with Crippen molar-refractivity contribution in [2.75, 3.05) is 33.9 Å². The van der Waals surface area contributed by atoms with E-state index in [2.05, 4.69) is 48.2 Å². The molecule has 1 aliphatic rings. The Bertz CT molecular complexity index is 953. The minimum Gasteiger partial charge on any atom is -0.497 e. The SMILES string of the molecule is COC[C@H]1CCN(Cc2cc3ccc(C)cc3nc2-c2ccc(OC)cc2)C1. The highest BCUT2D eigenvalue weighted by Crippen LogP contribution is 2.30. The summed E-state index contributed by atoms with van der Waals surface area (Å²) < 4.78 is 10.7. The molecule has 0 bridgehead atoms. The van der Waals surface area contributed by atoms with Crippen LogP contribution in [-0.4, -0.2) is 43.8 Å². The van der Waals surface area contributed by atoms with Crippen molar-refractivity contribution in [2.24, 2.45) is 5.92 Å². The van der Waals surface area contributed by atoms with Gasteiger partial charge in [0, 0.05) is 31.1 Å². The maximum absolute atomic E-state index is 5.36. The highest BCUT2D eigenvalue weighted by molar-refractivity contribution is 5.84. The van der Waals surface area contributed by atoms with Crippen LogP contribution in [-0.2, 0) is 11.3 Å². The summed E-state index contributed by atoms with van der Waals surface area (Å²) in [5.74, 6) is 1.49. The fraction of sp³-hybridized carbons (Fsp3) is 0.375. The van der Waals surface area contributed by atoms with Gasteiger partial charge >= 0.3 is 0 Å². The molecular formula is C24H28N2O2. The van der Waals surface area contributed by atoms with Gasteiger partial charge in [0.15, 0.2) is 0 Å². The lowest BCUT2D eigenvalue weighted by Crippen LogP contribution is -2.22. The van der Waals surface area contributed by atoms with Crippen molar-refractivity contribution >= 4 is 10.9 Å². The second-order valence-corrected chi connectivity index (χ2v) is 7.77. The number of pyridine rings is 1. The third-order valence-electron chi connectivity index (χ3n) is 5.58. The van der Waals surface area contributed by atoms with Gasteiger partial charge in [0.25, 0.3) is 0 Å². The van der Waals surface area contributed by atoms with Crippen molar-refractivity contribution in [1.82, 2.24) is 9.88 Å². The fourth-order valence-corrected chi connectivity index (χ4v) is 4.11. The van der Waals surface area contributed by atoms with Gasteiger partial charge in [-0.05, 0) is 73.3 Å². The summed E-state index contributed by atoms with van der Waals surface area (Å²) in [5.41, 5.74) is 5.76. The molecule has 1 aliphatic heterocycles. The van der Waals surface area contributed by atoms with Crippen LogP contribution in [0.5, 0.6) is 5.75 Å². The monoisotopic (exact) mass is 376 g/mol. The number of hydrogen-bond acceptors (Lipinski definition) is 4. The average molecular weight is 377 g/mol. The molecule has 0 saturated carbocycles. The molecule has 0 radical (unpaired) electrons. The molecule has 1 fully saturated rings. The molecule has 2 heterocycles. The van der Waals surface area contributed by atoms with Crippen LogP contribution in [0, 0.1) is 12.8 Å². The van der Waals surface area contributed by atoms with Gasteiger partial charge in [-0.1, -0.05) is 12.1 Å². The van der Waals surface area contributed by atoms with E-state index in [9.17, 15) is 0 Å². The Hall–Kier alpha value is -2.43. The van der Waals surface area contributed by atoms with Crippen LogP contribution < -0.4 is 4.74 Å². The van der Waals surface area contributed by atoms with Gasteiger partial charge in [-0.3, -0.25) is 4.90 Å². The smallest absolute Gasteiger partial charge is 0.118 e. The molecule has 4 heteroatoms. The van der Waals surface area contributed by atoms with Gasteiger partial charge in [0.1, 0.15) is 5.75 Å². The second kappa shape index (κ2) is 8.29. The third-order valence-corrected chi connectivity index (χ3v) is 5.58. The number of hydrogen-bond donors (Lipinski definition) is 0. The fourth-order valence-electron chi connectivity index (χ4n) is 4.11. The lowest BCUT2D eigenvalue weighted by Gasteiger charge is -2.19. The predicted molar refractivity (Wildman–Crippen MR) is 114 cm³/mol. The number of ether oxygens (including phenoxy) is 2. The van der Waals surface area contributed by atoms with Gasteiger partial charge in [-0.2, -0.15) is 0 Å². The lowest BCUT2D eigenvalue weighted by molar-refractivity contribution is 0.152. The Morgan fingerprint density at radius 2 is 1.89 bits per heavy atom. The van der Waals surface area contributed by atoms with E-state index in [0.717, 1.165) is 48.8 Å². The van der Waals surface area contributed by atoms with Crippen LogP contribution in [0.2, 0.25) is 0 Å². The molecule has 0 N–H and O–H groups in total. The highest BCUT2D eigenvalue weighted by Gasteiger charge is 2.23. The molecule has 28 heavy (non-hydrogen) atoms. The van der Waals surface area contributed by atoms with E-state index in [1.54, 1.807) is 14.2 Å². The summed E-state index contributed by atoms with van der Waals surface area (Å²) >= 11 is 0. The number of likely N-dealkylation sites (tertiary alicyclic amines) is 1. The lowest BCUT2D eigenvalue weighted by atomic mass is 10.0. The zero-order chi connectivity index (χ0) is 19.5. The number of aromatic nitrogens is 1. The van der Waals surface area contributed by atoms with Gasteiger partial charge in [-0.15, -0.1) is 0 Å². The van der Waals surface area contributed by atoms with Crippen molar-refractivity contribution in [3.8, 4) is 17.0 Å². The number of methoxy groups -OCH3 is 2. The first kappa shape index (κ1) is 18.9. The molecule has 146 valence electrons. The van der Waals surface area contributed by atoms with Gasteiger partial charge < -0.3 is 9.47 Å². The average Bonchev–Trinajstić information content (AvgIpc) is 3.15. The van der Waals surface area contributed by atoms with E-state index in [4.69, 9.17) is 14.5 Å². The maximum Gasteiger partial charge on any atom is 0.118 e. The van der Waals surface area contributed by atoms with Crippen molar-refractivity contribution in [3.63, 3.8) is 0 Å². The summed E-state index contributed by atoms with van der Waals surface area (Å²) in [6, 6.07) is 17.0. The molecule has 1 saturated heterocycles. The number of aryl methyl sites for hydroxylation is 1. The topological polar surface area (TPSA) is 34.6 Å². The molecule has 0 amide bonds. The second-order valence-electron chi connectivity index (χ2n) is 7.77. The van der Waals surface area contributed by atoms with Crippen LogP contribution in [0.25, 0.3) is 22.2 Å². The molecule has 4 nitrogen and oxygen atoms in total. The molecule has 0 unspecified atom stereocenters. The Labute approximate surface area is 167 Å². The Morgan fingerprint density at radius 3 is 2.64 bits per heavy atom. The number of fused-ring (bicyclic) bond motifs is 1. The first-order chi connectivity index (χ1) is 13.7. The predicted octanol–water partition coefficient (Wildman–Crippen LogP) is 4.69. The number of nitrogens with zero attached hydrogens (tertiary/aromatic N) is 2. The van der Waals surface area contributed by atoms with Crippen molar-refractivity contribution < 1.29 is 9.47 Å². The normalized spacial score (nSPS) is 17.3.